The van der Waals surface area contributed by atoms with E-state index < -0.39 is 0 Å². The van der Waals surface area contributed by atoms with Gasteiger partial charge in [-0.15, -0.1) is 0 Å². The van der Waals surface area contributed by atoms with Crippen molar-refractivity contribution in [3.8, 4) is 0 Å². The van der Waals surface area contributed by atoms with Crippen LogP contribution in [0.4, 0.5) is 0 Å². The third-order valence-electron chi connectivity index (χ3n) is 3.69. The summed E-state index contributed by atoms with van der Waals surface area (Å²) in [6, 6.07) is 0. The summed E-state index contributed by atoms with van der Waals surface area (Å²) >= 11 is 0. The van der Waals surface area contributed by atoms with Gasteiger partial charge in [-0.3, -0.25) is 0 Å². The van der Waals surface area contributed by atoms with Crippen LogP contribution in [0, 0.1) is 11.8 Å². The van der Waals surface area contributed by atoms with Gasteiger partial charge in [-0.25, -0.2) is 0 Å². The Morgan fingerprint density at radius 2 is 0.833 bits per heavy atom. The molecule has 2 fully saturated rings. The van der Waals surface area contributed by atoms with Crippen molar-refractivity contribution in [3.63, 3.8) is 0 Å². The van der Waals surface area contributed by atoms with E-state index in [0.29, 0.717) is 0 Å². The molecule has 0 aromatic heterocycles. The Kier molecular flexibility index (Phi) is 3.08. The van der Waals surface area contributed by atoms with E-state index in [1.165, 1.54) is 44.4 Å². The zero-order valence-electron chi connectivity index (χ0n) is 8.23. The number of hydrogen-bond donors (Lipinski definition) is 0. The lowest BCUT2D eigenvalue weighted by Crippen LogP contribution is -2.02. The SMILES string of the molecule is C1CCCCC(C2CC2)CCC1. The van der Waals surface area contributed by atoms with E-state index in [0.717, 1.165) is 5.92 Å². The van der Waals surface area contributed by atoms with Crippen LogP contribution in [0.5, 0.6) is 0 Å². The van der Waals surface area contributed by atoms with Gasteiger partial charge in [0, 0.05) is 0 Å². The van der Waals surface area contributed by atoms with Gasteiger partial charge in [-0.2, -0.15) is 0 Å². The molecule has 0 aromatic carbocycles. The quantitative estimate of drug-likeness (QED) is 0.549. The molecule has 2 saturated carbocycles. The summed E-state index contributed by atoms with van der Waals surface area (Å²) in [6.07, 6.45) is 15.4. The lowest BCUT2D eigenvalue weighted by molar-refractivity contribution is 0.381. The molecule has 70 valence electrons. The van der Waals surface area contributed by atoms with Gasteiger partial charge in [0.1, 0.15) is 0 Å². The molecule has 2 aliphatic carbocycles. The Bertz CT molecular complexity index is 114. The van der Waals surface area contributed by atoms with E-state index in [9.17, 15) is 0 Å². The molecule has 0 N–H and O–H groups in total. The van der Waals surface area contributed by atoms with Crippen LogP contribution in [0.15, 0.2) is 0 Å². The Hall–Kier alpha value is 0. The maximum Gasteiger partial charge on any atom is -0.0386 e. The summed E-state index contributed by atoms with van der Waals surface area (Å²) in [4.78, 5) is 0. The van der Waals surface area contributed by atoms with Crippen LogP contribution in [0.3, 0.4) is 0 Å². The molecule has 0 atom stereocenters. The summed E-state index contributed by atoms with van der Waals surface area (Å²) in [5.74, 6) is 2.31. The van der Waals surface area contributed by atoms with E-state index >= 15 is 0 Å². The van der Waals surface area contributed by atoms with E-state index in [4.69, 9.17) is 0 Å². The van der Waals surface area contributed by atoms with Crippen LogP contribution in [0.2, 0.25) is 0 Å². The second-order valence-corrected chi connectivity index (χ2v) is 4.80. The summed E-state index contributed by atoms with van der Waals surface area (Å²) in [5.41, 5.74) is 0. The van der Waals surface area contributed by atoms with Gasteiger partial charge in [0.2, 0.25) is 0 Å². The minimum atomic E-state index is 1.14. The van der Waals surface area contributed by atoms with Crippen molar-refractivity contribution >= 4 is 0 Å². The highest BCUT2D eigenvalue weighted by Gasteiger charge is 2.30. The van der Waals surface area contributed by atoms with Crippen molar-refractivity contribution in [2.75, 3.05) is 0 Å². The fraction of sp³-hybridized carbons (Fsp3) is 1.00. The molecule has 0 unspecified atom stereocenters. The zero-order valence-corrected chi connectivity index (χ0v) is 8.23. The van der Waals surface area contributed by atoms with Crippen LogP contribution in [-0.4, -0.2) is 0 Å². The summed E-state index contributed by atoms with van der Waals surface area (Å²) in [7, 11) is 0. The first-order chi connectivity index (χ1) is 5.97. The van der Waals surface area contributed by atoms with Crippen molar-refractivity contribution < 1.29 is 0 Å². The first-order valence-corrected chi connectivity index (χ1v) is 5.97. The Morgan fingerprint density at radius 1 is 0.417 bits per heavy atom. The highest BCUT2D eigenvalue weighted by Crippen LogP contribution is 2.42. The van der Waals surface area contributed by atoms with Crippen molar-refractivity contribution in [1.29, 1.82) is 0 Å². The molecule has 0 bridgehead atoms. The predicted molar refractivity (Wildman–Crippen MR) is 53.2 cm³/mol. The van der Waals surface area contributed by atoms with Crippen LogP contribution in [-0.2, 0) is 0 Å². The van der Waals surface area contributed by atoms with Gasteiger partial charge < -0.3 is 0 Å². The molecular formula is C12H22. The van der Waals surface area contributed by atoms with Crippen LogP contribution < -0.4 is 0 Å². The van der Waals surface area contributed by atoms with E-state index in [2.05, 4.69) is 0 Å². The molecule has 0 saturated heterocycles. The smallest absolute Gasteiger partial charge is 0.0386 e. The van der Waals surface area contributed by atoms with Gasteiger partial charge in [0.15, 0.2) is 0 Å². The standard InChI is InChI=1S/C12H22/c1-2-4-6-8-11(7-5-3-1)12-9-10-12/h11-12H,1-10H2. The maximum atomic E-state index is 1.56. The fourth-order valence-corrected chi connectivity index (χ4v) is 2.70. The van der Waals surface area contributed by atoms with Crippen LogP contribution in [0.1, 0.15) is 64.2 Å². The Balaban J connectivity index is 1.76. The molecule has 0 aromatic rings. The largest absolute Gasteiger partial charge is 0.0533 e. The predicted octanol–water partition coefficient (Wildman–Crippen LogP) is 4.15. The maximum absolute atomic E-state index is 1.56. The third kappa shape index (κ3) is 2.50. The molecule has 0 amide bonds. The average Bonchev–Trinajstić information content (AvgIpc) is 2.87. The molecule has 0 heteroatoms. The molecule has 2 rings (SSSR count). The van der Waals surface area contributed by atoms with Crippen LogP contribution in [0.25, 0.3) is 0 Å². The van der Waals surface area contributed by atoms with E-state index in [1.54, 1.807) is 25.7 Å². The first-order valence-electron chi connectivity index (χ1n) is 5.97. The molecule has 0 aliphatic heterocycles. The average molecular weight is 166 g/mol. The van der Waals surface area contributed by atoms with Gasteiger partial charge in [0.05, 0.1) is 0 Å². The number of rotatable bonds is 1. The van der Waals surface area contributed by atoms with Gasteiger partial charge in [-0.05, 0) is 24.7 Å². The molecular weight excluding hydrogens is 144 g/mol. The number of hydrogen-bond acceptors (Lipinski definition) is 0. The highest BCUT2D eigenvalue weighted by molar-refractivity contribution is 4.81. The Labute approximate surface area is 76.7 Å². The molecule has 12 heavy (non-hydrogen) atoms. The minimum Gasteiger partial charge on any atom is -0.0533 e. The van der Waals surface area contributed by atoms with Crippen LogP contribution >= 0.6 is 0 Å². The normalized spacial score (nSPS) is 29.0. The minimum absolute atomic E-state index is 1.14. The topological polar surface area (TPSA) is 0 Å². The van der Waals surface area contributed by atoms with E-state index in [-0.39, 0.29) is 0 Å². The van der Waals surface area contributed by atoms with Gasteiger partial charge in [-0.1, -0.05) is 51.4 Å². The lowest BCUT2D eigenvalue weighted by atomic mass is 9.92. The summed E-state index contributed by atoms with van der Waals surface area (Å²) < 4.78 is 0. The third-order valence-corrected chi connectivity index (χ3v) is 3.69. The van der Waals surface area contributed by atoms with Crippen molar-refractivity contribution in [3.05, 3.63) is 0 Å². The van der Waals surface area contributed by atoms with Crippen molar-refractivity contribution in [1.82, 2.24) is 0 Å². The molecule has 0 nitrogen and oxygen atoms in total. The van der Waals surface area contributed by atoms with Crippen molar-refractivity contribution in [2.45, 2.75) is 64.2 Å². The van der Waals surface area contributed by atoms with Gasteiger partial charge >= 0.3 is 0 Å². The Morgan fingerprint density at radius 3 is 1.33 bits per heavy atom. The molecule has 0 spiro atoms. The second kappa shape index (κ2) is 4.30. The first kappa shape index (κ1) is 8.59. The summed E-state index contributed by atoms with van der Waals surface area (Å²) in [5, 5.41) is 0. The van der Waals surface area contributed by atoms with Crippen molar-refractivity contribution in [2.24, 2.45) is 11.8 Å². The van der Waals surface area contributed by atoms with E-state index in [1.807, 2.05) is 0 Å². The zero-order chi connectivity index (χ0) is 8.23. The lowest BCUT2D eigenvalue weighted by Gasteiger charge is -2.13. The fourth-order valence-electron chi connectivity index (χ4n) is 2.70. The molecule has 0 heterocycles. The second-order valence-electron chi connectivity index (χ2n) is 4.80. The monoisotopic (exact) mass is 166 g/mol. The highest BCUT2D eigenvalue weighted by atomic mass is 14.4. The summed E-state index contributed by atoms with van der Waals surface area (Å²) in [6.45, 7) is 0. The molecule has 0 radical (unpaired) electrons. The molecule has 2 aliphatic rings. The van der Waals surface area contributed by atoms with Gasteiger partial charge in [0.25, 0.3) is 0 Å².